The Morgan fingerprint density at radius 2 is 2.22 bits per heavy atom. The summed E-state index contributed by atoms with van der Waals surface area (Å²) in [5, 5.41) is 14.6. The number of rotatable bonds is 4. The molecule has 2 unspecified atom stereocenters. The van der Waals surface area contributed by atoms with Crippen molar-refractivity contribution in [2.75, 3.05) is 6.54 Å². The number of aliphatic hydroxyl groups excluding tert-OH is 1. The molecule has 3 N–H and O–H groups in total. The molecule has 0 radical (unpaired) electrons. The number of benzene rings is 1. The number of aromatic nitrogens is 1. The molecular formula is C15H20N2O. The number of hydrogen-bond donors (Lipinski definition) is 3. The van der Waals surface area contributed by atoms with Gasteiger partial charge >= 0.3 is 0 Å². The molecule has 2 aromatic rings. The summed E-state index contributed by atoms with van der Waals surface area (Å²) in [7, 11) is 0. The molecule has 3 rings (SSSR count). The van der Waals surface area contributed by atoms with E-state index in [1.165, 1.54) is 22.9 Å². The molecule has 1 aromatic carbocycles. The zero-order valence-electron chi connectivity index (χ0n) is 10.5. The molecule has 1 aliphatic rings. The van der Waals surface area contributed by atoms with Crippen LogP contribution in [-0.2, 0) is 6.54 Å². The summed E-state index contributed by atoms with van der Waals surface area (Å²) in [6, 6.07) is 8.46. The van der Waals surface area contributed by atoms with Crippen LogP contribution in [0.25, 0.3) is 10.9 Å². The monoisotopic (exact) mass is 244 g/mol. The fourth-order valence-electron chi connectivity index (χ4n) is 2.95. The third-order valence-corrected chi connectivity index (χ3v) is 4.03. The van der Waals surface area contributed by atoms with Crippen molar-refractivity contribution < 1.29 is 5.11 Å². The lowest BCUT2D eigenvalue weighted by molar-refractivity contribution is 0.131. The van der Waals surface area contributed by atoms with Crippen molar-refractivity contribution in [3.8, 4) is 0 Å². The predicted molar refractivity (Wildman–Crippen MR) is 73.4 cm³/mol. The normalized spacial score (nSPS) is 23.8. The second-order valence-electron chi connectivity index (χ2n) is 5.25. The number of nitrogens with one attached hydrogen (secondary N) is 2. The Morgan fingerprint density at radius 1 is 1.28 bits per heavy atom. The summed E-state index contributed by atoms with van der Waals surface area (Å²) in [6.45, 7) is 1.79. The first-order valence-electron chi connectivity index (χ1n) is 6.78. The maximum atomic E-state index is 9.78. The van der Waals surface area contributed by atoms with Gasteiger partial charge in [0.15, 0.2) is 0 Å². The maximum Gasteiger partial charge on any atom is 0.0580 e. The van der Waals surface area contributed by atoms with E-state index in [9.17, 15) is 5.11 Å². The lowest BCUT2D eigenvalue weighted by Gasteiger charge is -2.15. The van der Waals surface area contributed by atoms with Gasteiger partial charge in [-0.25, -0.2) is 0 Å². The molecule has 1 aromatic heterocycles. The van der Waals surface area contributed by atoms with Crippen molar-refractivity contribution in [3.05, 3.63) is 36.0 Å². The molecule has 1 saturated carbocycles. The Labute approximate surface area is 107 Å². The number of fused-ring (bicyclic) bond motifs is 1. The van der Waals surface area contributed by atoms with E-state index in [1.807, 2.05) is 6.20 Å². The fraction of sp³-hybridized carbons (Fsp3) is 0.467. The maximum absolute atomic E-state index is 9.78. The molecule has 0 amide bonds. The summed E-state index contributed by atoms with van der Waals surface area (Å²) >= 11 is 0. The van der Waals surface area contributed by atoms with Crippen molar-refractivity contribution in [3.63, 3.8) is 0 Å². The first kappa shape index (κ1) is 11.8. The van der Waals surface area contributed by atoms with E-state index in [1.54, 1.807) is 0 Å². The summed E-state index contributed by atoms with van der Waals surface area (Å²) in [4.78, 5) is 3.23. The van der Waals surface area contributed by atoms with E-state index < -0.39 is 0 Å². The van der Waals surface area contributed by atoms with Gasteiger partial charge in [0.2, 0.25) is 0 Å². The van der Waals surface area contributed by atoms with Crippen LogP contribution in [0.5, 0.6) is 0 Å². The average Bonchev–Trinajstić information content (AvgIpc) is 2.99. The number of hydrogen-bond acceptors (Lipinski definition) is 2. The van der Waals surface area contributed by atoms with Crippen molar-refractivity contribution in [2.24, 2.45) is 5.92 Å². The fourth-order valence-corrected chi connectivity index (χ4v) is 2.95. The molecule has 96 valence electrons. The SMILES string of the molecule is OC1CCCC1CNCc1cccc2[nH]ccc12. The van der Waals surface area contributed by atoms with E-state index in [0.717, 1.165) is 25.9 Å². The van der Waals surface area contributed by atoms with Crippen LogP contribution in [-0.4, -0.2) is 22.7 Å². The van der Waals surface area contributed by atoms with Gasteiger partial charge in [0.1, 0.15) is 0 Å². The van der Waals surface area contributed by atoms with Gasteiger partial charge in [-0.2, -0.15) is 0 Å². The number of aliphatic hydroxyl groups is 1. The van der Waals surface area contributed by atoms with E-state index in [-0.39, 0.29) is 6.10 Å². The highest BCUT2D eigenvalue weighted by Gasteiger charge is 2.24. The largest absolute Gasteiger partial charge is 0.393 e. The summed E-state index contributed by atoms with van der Waals surface area (Å²) < 4.78 is 0. The molecule has 0 spiro atoms. The minimum absolute atomic E-state index is 0.0967. The highest BCUT2D eigenvalue weighted by atomic mass is 16.3. The molecule has 3 nitrogen and oxygen atoms in total. The summed E-state index contributed by atoms with van der Waals surface area (Å²) in [5.74, 6) is 0.440. The van der Waals surface area contributed by atoms with Crippen LogP contribution in [0.3, 0.4) is 0 Å². The van der Waals surface area contributed by atoms with Crippen molar-refractivity contribution in [2.45, 2.75) is 31.9 Å². The van der Waals surface area contributed by atoms with Crippen LogP contribution in [0.15, 0.2) is 30.5 Å². The molecule has 18 heavy (non-hydrogen) atoms. The molecular weight excluding hydrogens is 224 g/mol. The van der Waals surface area contributed by atoms with Crippen molar-refractivity contribution in [1.29, 1.82) is 0 Å². The van der Waals surface area contributed by atoms with Crippen LogP contribution in [0.2, 0.25) is 0 Å². The van der Waals surface area contributed by atoms with Crippen molar-refractivity contribution in [1.82, 2.24) is 10.3 Å². The topological polar surface area (TPSA) is 48.0 Å². The van der Waals surface area contributed by atoms with Gasteiger partial charge in [-0.3, -0.25) is 0 Å². The number of aromatic amines is 1. The van der Waals surface area contributed by atoms with Crippen molar-refractivity contribution >= 4 is 10.9 Å². The molecule has 2 atom stereocenters. The second kappa shape index (κ2) is 5.12. The Kier molecular flexibility index (Phi) is 3.35. The smallest absolute Gasteiger partial charge is 0.0580 e. The minimum Gasteiger partial charge on any atom is -0.393 e. The first-order chi connectivity index (χ1) is 8.84. The minimum atomic E-state index is -0.0967. The van der Waals surface area contributed by atoms with Crippen LogP contribution >= 0.6 is 0 Å². The molecule has 0 bridgehead atoms. The van der Waals surface area contributed by atoms with Gasteiger partial charge in [0, 0.05) is 30.2 Å². The lowest BCUT2D eigenvalue weighted by atomic mass is 10.1. The third kappa shape index (κ3) is 2.28. The van der Waals surface area contributed by atoms with Crippen LogP contribution in [0.1, 0.15) is 24.8 Å². The first-order valence-corrected chi connectivity index (χ1v) is 6.78. The van der Waals surface area contributed by atoms with Crippen LogP contribution in [0.4, 0.5) is 0 Å². The van der Waals surface area contributed by atoms with Gasteiger partial charge in [-0.1, -0.05) is 18.6 Å². The van der Waals surface area contributed by atoms with E-state index in [2.05, 4.69) is 34.6 Å². The molecule has 1 heterocycles. The van der Waals surface area contributed by atoms with Crippen LogP contribution in [0, 0.1) is 5.92 Å². The van der Waals surface area contributed by atoms with Gasteiger partial charge in [-0.05, 0) is 36.5 Å². The van der Waals surface area contributed by atoms with E-state index in [4.69, 9.17) is 0 Å². The number of H-pyrrole nitrogens is 1. The quantitative estimate of drug-likeness (QED) is 0.773. The molecule has 0 aliphatic heterocycles. The highest BCUT2D eigenvalue weighted by Crippen LogP contribution is 2.25. The third-order valence-electron chi connectivity index (χ3n) is 4.03. The van der Waals surface area contributed by atoms with Gasteiger partial charge in [-0.15, -0.1) is 0 Å². The van der Waals surface area contributed by atoms with Gasteiger partial charge in [0.25, 0.3) is 0 Å². The predicted octanol–water partition coefficient (Wildman–Crippen LogP) is 2.42. The molecule has 1 aliphatic carbocycles. The average molecular weight is 244 g/mol. The molecule has 0 saturated heterocycles. The van der Waals surface area contributed by atoms with E-state index >= 15 is 0 Å². The lowest BCUT2D eigenvalue weighted by Crippen LogP contribution is -2.27. The highest BCUT2D eigenvalue weighted by molar-refractivity contribution is 5.82. The Balaban J connectivity index is 1.61. The second-order valence-corrected chi connectivity index (χ2v) is 5.25. The Bertz CT molecular complexity index is 520. The van der Waals surface area contributed by atoms with Gasteiger partial charge < -0.3 is 15.4 Å². The Hall–Kier alpha value is -1.32. The zero-order valence-corrected chi connectivity index (χ0v) is 10.5. The van der Waals surface area contributed by atoms with Crippen LogP contribution < -0.4 is 5.32 Å². The zero-order chi connectivity index (χ0) is 12.4. The van der Waals surface area contributed by atoms with Gasteiger partial charge in [0.05, 0.1) is 6.10 Å². The standard InChI is InChI=1S/C15H20N2O/c18-15-6-2-4-12(15)10-16-9-11-3-1-5-14-13(11)7-8-17-14/h1,3,5,7-8,12,15-18H,2,4,6,9-10H2. The molecule has 1 fully saturated rings. The molecule has 3 heteroatoms. The van der Waals surface area contributed by atoms with E-state index in [0.29, 0.717) is 5.92 Å². The summed E-state index contributed by atoms with van der Waals surface area (Å²) in [5.41, 5.74) is 2.51. The summed E-state index contributed by atoms with van der Waals surface area (Å²) in [6.07, 6.45) is 5.18. The Morgan fingerprint density at radius 3 is 3.06 bits per heavy atom.